The predicted octanol–water partition coefficient (Wildman–Crippen LogP) is 2.38. The quantitative estimate of drug-likeness (QED) is 0.928. The van der Waals surface area contributed by atoms with Crippen LogP contribution in [0.15, 0.2) is 24.3 Å². The SMILES string of the molecule is O=C(CC1COCCN1)N1CCC(c2nc3ccccc3s2)CC1. The molecule has 1 amide bonds. The fourth-order valence-corrected chi connectivity index (χ4v) is 4.67. The first-order chi connectivity index (χ1) is 11.8. The number of carbonyl (C=O) groups is 1. The fourth-order valence-electron chi connectivity index (χ4n) is 3.53. The number of nitrogens with zero attached hydrogens (tertiary/aromatic N) is 2. The Hall–Kier alpha value is -1.50. The largest absolute Gasteiger partial charge is 0.378 e. The Bertz CT molecular complexity index is 670. The van der Waals surface area contributed by atoms with E-state index in [0.717, 1.165) is 44.6 Å². The third-order valence-electron chi connectivity index (χ3n) is 4.93. The number of para-hydroxylation sites is 1. The standard InChI is InChI=1S/C18H23N3O2S/c22-17(11-14-12-23-10-7-19-14)21-8-5-13(6-9-21)18-20-15-3-1-2-4-16(15)24-18/h1-4,13-14,19H,5-12H2. The van der Waals surface area contributed by atoms with Crippen LogP contribution in [0, 0.1) is 0 Å². The normalized spacial score (nSPS) is 22.8. The van der Waals surface area contributed by atoms with Gasteiger partial charge in [0.15, 0.2) is 0 Å². The van der Waals surface area contributed by atoms with Crippen LogP contribution in [-0.2, 0) is 9.53 Å². The van der Waals surface area contributed by atoms with E-state index in [9.17, 15) is 4.79 Å². The van der Waals surface area contributed by atoms with Crippen LogP contribution in [0.3, 0.4) is 0 Å². The highest BCUT2D eigenvalue weighted by molar-refractivity contribution is 7.18. The van der Waals surface area contributed by atoms with Gasteiger partial charge in [-0.15, -0.1) is 11.3 Å². The molecule has 2 aliphatic rings. The van der Waals surface area contributed by atoms with Crippen molar-refractivity contribution in [2.75, 3.05) is 32.8 Å². The second-order valence-corrected chi connectivity index (χ2v) is 7.67. The third kappa shape index (κ3) is 3.45. The molecule has 4 rings (SSSR count). The minimum absolute atomic E-state index is 0.174. The highest BCUT2D eigenvalue weighted by Crippen LogP contribution is 2.33. The zero-order valence-corrected chi connectivity index (χ0v) is 14.6. The molecule has 1 unspecified atom stereocenters. The molecule has 1 aromatic heterocycles. The Morgan fingerprint density at radius 2 is 2.17 bits per heavy atom. The van der Waals surface area contributed by atoms with Gasteiger partial charge >= 0.3 is 0 Å². The van der Waals surface area contributed by atoms with E-state index in [1.807, 2.05) is 11.0 Å². The number of aromatic nitrogens is 1. The summed E-state index contributed by atoms with van der Waals surface area (Å²) in [6, 6.07) is 8.49. The Kier molecular flexibility index (Phi) is 4.78. The van der Waals surface area contributed by atoms with Crippen LogP contribution in [0.4, 0.5) is 0 Å². The van der Waals surface area contributed by atoms with Gasteiger partial charge in [0.1, 0.15) is 0 Å². The Balaban J connectivity index is 1.33. The van der Waals surface area contributed by atoms with Gasteiger partial charge in [0.25, 0.3) is 0 Å². The molecule has 1 atom stereocenters. The van der Waals surface area contributed by atoms with Crippen LogP contribution < -0.4 is 5.32 Å². The Labute approximate surface area is 146 Å². The van der Waals surface area contributed by atoms with Gasteiger partial charge in [0.05, 0.1) is 28.4 Å². The van der Waals surface area contributed by atoms with Gasteiger partial charge in [0, 0.05) is 38.0 Å². The minimum Gasteiger partial charge on any atom is -0.378 e. The summed E-state index contributed by atoms with van der Waals surface area (Å²) in [5, 5.41) is 4.59. The number of piperidine rings is 1. The summed E-state index contributed by atoms with van der Waals surface area (Å²) >= 11 is 1.80. The molecule has 5 nitrogen and oxygen atoms in total. The molecule has 0 bridgehead atoms. The maximum Gasteiger partial charge on any atom is 0.224 e. The van der Waals surface area contributed by atoms with Gasteiger partial charge in [-0.1, -0.05) is 12.1 Å². The van der Waals surface area contributed by atoms with E-state index in [4.69, 9.17) is 9.72 Å². The summed E-state index contributed by atoms with van der Waals surface area (Å²) in [7, 11) is 0. The van der Waals surface area contributed by atoms with E-state index in [-0.39, 0.29) is 11.9 Å². The van der Waals surface area contributed by atoms with Crippen molar-refractivity contribution >= 4 is 27.5 Å². The third-order valence-corrected chi connectivity index (χ3v) is 6.13. The molecule has 2 aromatic rings. The zero-order valence-electron chi connectivity index (χ0n) is 13.7. The van der Waals surface area contributed by atoms with E-state index in [2.05, 4.69) is 23.5 Å². The highest BCUT2D eigenvalue weighted by Gasteiger charge is 2.27. The molecule has 0 spiro atoms. The minimum atomic E-state index is 0.174. The molecule has 1 aromatic carbocycles. The number of amides is 1. The first-order valence-electron chi connectivity index (χ1n) is 8.74. The number of hydrogen-bond acceptors (Lipinski definition) is 5. The van der Waals surface area contributed by atoms with Crippen molar-refractivity contribution in [2.24, 2.45) is 0 Å². The van der Waals surface area contributed by atoms with Gasteiger partial charge in [-0.3, -0.25) is 4.79 Å². The van der Waals surface area contributed by atoms with Crippen LogP contribution in [0.2, 0.25) is 0 Å². The summed E-state index contributed by atoms with van der Waals surface area (Å²) in [5.41, 5.74) is 1.10. The maximum absolute atomic E-state index is 12.5. The van der Waals surface area contributed by atoms with Crippen molar-refractivity contribution in [3.63, 3.8) is 0 Å². The first-order valence-corrected chi connectivity index (χ1v) is 9.55. The second-order valence-electron chi connectivity index (χ2n) is 6.60. The Morgan fingerprint density at radius 1 is 1.33 bits per heavy atom. The van der Waals surface area contributed by atoms with Gasteiger partial charge in [-0.05, 0) is 25.0 Å². The highest BCUT2D eigenvalue weighted by atomic mass is 32.1. The molecule has 1 N–H and O–H groups in total. The van der Waals surface area contributed by atoms with Gasteiger partial charge in [-0.2, -0.15) is 0 Å². The van der Waals surface area contributed by atoms with Gasteiger partial charge < -0.3 is 15.0 Å². The number of morpholine rings is 1. The molecule has 0 aliphatic carbocycles. The lowest BCUT2D eigenvalue weighted by Gasteiger charge is -2.33. The summed E-state index contributed by atoms with van der Waals surface area (Å²) < 4.78 is 6.69. The second kappa shape index (κ2) is 7.17. The van der Waals surface area contributed by atoms with Gasteiger partial charge in [-0.25, -0.2) is 4.98 Å². The van der Waals surface area contributed by atoms with Crippen molar-refractivity contribution in [1.29, 1.82) is 0 Å². The number of rotatable bonds is 3. The van der Waals surface area contributed by atoms with Gasteiger partial charge in [0.2, 0.25) is 5.91 Å². The molecule has 24 heavy (non-hydrogen) atoms. The summed E-state index contributed by atoms with van der Waals surface area (Å²) in [4.78, 5) is 19.3. The molecule has 0 saturated carbocycles. The molecule has 2 aliphatic heterocycles. The lowest BCUT2D eigenvalue weighted by atomic mass is 9.97. The smallest absolute Gasteiger partial charge is 0.224 e. The number of hydrogen-bond donors (Lipinski definition) is 1. The van der Waals surface area contributed by atoms with Crippen molar-refractivity contribution in [3.8, 4) is 0 Å². The summed E-state index contributed by atoms with van der Waals surface area (Å²) in [5.74, 6) is 0.739. The summed E-state index contributed by atoms with van der Waals surface area (Å²) in [6.45, 7) is 3.92. The molecule has 0 radical (unpaired) electrons. The number of thiazole rings is 1. The molecule has 128 valence electrons. The van der Waals surface area contributed by atoms with Crippen LogP contribution in [0.1, 0.15) is 30.2 Å². The van der Waals surface area contributed by atoms with Crippen molar-refractivity contribution in [3.05, 3.63) is 29.3 Å². The van der Waals surface area contributed by atoms with Crippen molar-refractivity contribution < 1.29 is 9.53 Å². The number of likely N-dealkylation sites (tertiary alicyclic amines) is 1. The van der Waals surface area contributed by atoms with Crippen LogP contribution >= 0.6 is 11.3 Å². The molecule has 6 heteroatoms. The van der Waals surface area contributed by atoms with E-state index in [0.29, 0.717) is 18.9 Å². The maximum atomic E-state index is 12.5. The van der Waals surface area contributed by atoms with Crippen LogP contribution in [0.5, 0.6) is 0 Å². The van der Waals surface area contributed by atoms with Crippen LogP contribution in [0.25, 0.3) is 10.2 Å². The number of fused-ring (bicyclic) bond motifs is 1. The molecule has 2 saturated heterocycles. The van der Waals surface area contributed by atoms with E-state index in [1.54, 1.807) is 11.3 Å². The lowest BCUT2D eigenvalue weighted by molar-refractivity contribution is -0.133. The van der Waals surface area contributed by atoms with E-state index >= 15 is 0 Å². The molecular formula is C18H23N3O2S. The molecule has 2 fully saturated rings. The zero-order chi connectivity index (χ0) is 16.4. The number of nitrogens with one attached hydrogen (secondary N) is 1. The van der Waals surface area contributed by atoms with Crippen LogP contribution in [-0.4, -0.2) is 54.7 Å². The average molecular weight is 345 g/mol. The monoisotopic (exact) mass is 345 g/mol. The van der Waals surface area contributed by atoms with E-state index < -0.39 is 0 Å². The Morgan fingerprint density at radius 3 is 2.92 bits per heavy atom. The fraction of sp³-hybridized carbons (Fsp3) is 0.556. The van der Waals surface area contributed by atoms with Crippen molar-refractivity contribution in [1.82, 2.24) is 15.2 Å². The van der Waals surface area contributed by atoms with Crippen molar-refractivity contribution in [2.45, 2.75) is 31.2 Å². The summed E-state index contributed by atoms with van der Waals surface area (Å²) in [6.07, 6.45) is 2.58. The number of carbonyl (C=O) groups excluding carboxylic acids is 1. The number of ether oxygens (including phenoxy) is 1. The molecular weight excluding hydrogens is 322 g/mol. The molecule has 3 heterocycles. The lowest BCUT2D eigenvalue weighted by Crippen LogP contribution is -2.46. The van der Waals surface area contributed by atoms with E-state index in [1.165, 1.54) is 9.71 Å². The first kappa shape index (κ1) is 16.0. The predicted molar refractivity (Wildman–Crippen MR) is 95.4 cm³/mol. The topological polar surface area (TPSA) is 54.5 Å². The average Bonchev–Trinajstić information content (AvgIpc) is 3.07. The number of benzene rings is 1.